The van der Waals surface area contributed by atoms with Crippen molar-refractivity contribution in [2.45, 2.75) is 71.1 Å². The monoisotopic (exact) mass is 484 g/mol. The summed E-state index contributed by atoms with van der Waals surface area (Å²) >= 11 is 0. The average molecular weight is 485 g/mol. The van der Waals surface area contributed by atoms with Gasteiger partial charge in [0.15, 0.2) is 0 Å². The normalized spacial score (nSPS) is 15.8. The summed E-state index contributed by atoms with van der Waals surface area (Å²) in [5.74, 6) is 0.678. The van der Waals surface area contributed by atoms with Crippen molar-refractivity contribution in [1.82, 2.24) is 5.32 Å². The lowest BCUT2D eigenvalue weighted by Gasteiger charge is -2.28. The molecular formula is C31H36N2O3. The number of aliphatic hydroxyl groups excluding tert-OH is 1. The minimum absolute atomic E-state index is 0.00211. The number of carbonyl (C=O) groups excluding carboxylic acids is 1. The van der Waals surface area contributed by atoms with E-state index >= 15 is 0 Å². The van der Waals surface area contributed by atoms with Crippen LogP contribution in [0.25, 0.3) is 0 Å². The Bertz CT molecular complexity index is 1210. The largest absolute Gasteiger partial charge is 0.487 e. The molecule has 1 unspecified atom stereocenters. The van der Waals surface area contributed by atoms with E-state index in [-0.39, 0.29) is 24.6 Å². The Hall–Kier alpha value is -3.15. The molecule has 0 saturated carbocycles. The molecule has 0 aromatic heterocycles. The second kappa shape index (κ2) is 10.9. The maximum atomic E-state index is 12.3. The molecule has 188 valence electrons. The van der Waals surface area contributed by atoms with E-state index in [1.54, 1.807) is 0 Å². The van der Waals surface area contributed by atoms with Gasteiger partial charge in [0.05, 0.1) is 18.3 Å². The smallest absolute Gasteiger partial charge is 0.224 e. The number of amides is 1. The van der Waals surface area contributed by atoms with Crippen molar-refractivity contribution in [3.63, 3.8) is 0 Å². The predicted molar refractivity (Wildman–Crippen MR) is 144 cm³/mol. The second-order valence-electron chi connectivity index (χ2n) is 9.93. The molecule has 0 saturated heterocycles. The molecule has 1 amide bonds. The van der Waals surface area contributed by atoms with Crippen LogP contribution in [0, 0.1) is 0 Å². The molecule has 0 spiro atoms. The topological polar surface area (TPSA) is 70.6 Å². The molecule has 5 nitrogen and oxygen atoms in total. The Kier molecular flexibility index (Phi) is 7.40. The van der Waals surface area contributed by atoms with Gasteiger partial charge in [-0.05, 0) is 77.1 Å². The number of aryl methyl sites for hydroxylation is 2. The van der Waals surface area contributed by atoms with Crippen LogP contribution in [0.3, 0.4) is 0 Å². The number of hydrogen-bond donors (Lipinski definition) is 3. The predicted octanol–water partition coefficient (Wildman–Crippen LogP) is 5.07. The fraction of sp³-hybridized carbons (Fsp3) is 0.387. The molecule has 1 aliphatic heterocycles. The molecule has 5 rings (SSSR count). The zero-order chi connectivity index (χ0) is 25.1. The van der Waals surface area contributed by atoms with Gasteiger partial charge >= 0.3 is 0 Å². The number of rotatable bonds is 9. The average Bonchev–Trinajstić information content (AvgIpc) is 3.31. The first-order valence-corrected chi connectivity index (χ1v) is 13.2. The van der Waals surface area contributed by atoms with E-state index in [4.69, 9.17) is 4.74 Å². The van der Waals surface area contributed by atoms with Crippen molar-refractivity contribution >= 4 is 11.6 Å². The SMILES string of the molecule is CCc1cc2c(cc1CC)CC(NC(CO)c1ccc(OCc3ccccc3)c3c1CCC(=O)N3)C2. The van der Waals surface area contributed by atoms with Gasteiger partial charge in [0.25, 0.3) is 0 Å². The van der Waals surface area contributed by atoms with Crippen LogP contribution in [0.4, 0.5) is 5.69 Å². The summed E-state index contributed by atoms with van der Waals surface area (Å²) in [5, 5.41) is 17.2. The molecule has 1 heterocycles. The number of fused-ring (bicyclic) bond motifs is 2. The standard InChI is InChI=1S/C31H36N2O3/c1-3-21-14-23-16-25(17-24(23)15-22(21)4-2)32-28(18-34)26-10-12-29(31-27(26)11-13-30(35)33-31)36-19-20-8-6-5-7-9-20/h5-10,12,14-15,25,28,32,34H,3-4,11,13,16-19H2,1-2H3,(H,33,35). The maximum Gasteiger partial charge on any atom is 0.224 e. The molecule has 3 N–H and O–H groups in total. The molecule has 5 heteroatoms. The highest BCUT2D eigenvalue weighted by Gasteiger charge is 2.29. The zero-order valence-corrected chi connectivity index (χ0v) is 21.3. The van der Waals surface area contributed by atoms with E-state index in [0.29, 0.717) is 25.2 Å². The van der Waals surface area contributed by atoms with E-state index in [1.807, 2.05) is 36.4 Å². The van der Waals surface area contributed by atoms with E-state index in [0.717, 1.165) is 48.1 Å². The molecule has 3 aromatic rings. The van der Waals surface area contributed by atoms with Crippen LogP contribution in [0.1, 0.15) is 65.3 Å². The summed E-state index contributed by atoms with van der Waals surface area (Å²) in [4.78, 5) is 12.3. The van der Waals surface area contributed by atoms with Gasteiger partial charge in [0, 0.05) is 12.5 Å². The van der Waals surface area contributed by atoms with Gasteiger partial charge in [-0.15, -0.1) is 0 Å². The molecule has 1 aliphatic carbocycles. The number of anilines is 1. The Morgan fingerprint density at radius 2 is 1.69 bits per heavy atom. The first-order valence-electron chi connectivity index (χ1n) is 13.2. The van der Waals surface area contributed by atoms with Crippen LogP contribution in [-0.4, -0.2) is 23.7 Å². The van der Waals surface area contributed by atoms with Crippen LogP contribution in [-0.2, 0) is 43.5 Å². The van der Waals surface area contributed by atoms with Crippen molar-refractivity contribution in [2.75, 3.05) is 11.9 Å². The number of hydrogen-bond acceptors (Lipinski definition) is 4. The Labute approximate surface area is 213 Å². The maximum absolute atomic E-state index is 12.3. The van der Waals surface area contributed by atoms with Crippen LogP contribution >= 0.6 is 0 Å². The Balaban J connectivity index is 1.37. The molecule has 36 heavy (non-hydrogen) atoms. The minimum Gasteiger partial charge on any atom is -0.487 e. The van der Waals surface area contributed by atoms with E-state index < -0.39 is 0 Å². The van der Waals surface area contributed by atoms with Gasteiger partial charge in [-0.2, -0.15) is 0 Å². The third-order valence-electron chi connectivity index (χ3n) is 7.63. The Morgan fingerprint density at radius 1 is 1.00 bits per heavy atom. The van der Waals surface area contributed by atoms with Gasteiger partial charge in [0.1, 0.15) is 12.4 Å². The van der Waals surface area contributed by atoms with Crippen LogP contribution in [0.5, 0.6) is 5.75 Å². The second-order valence-corrected chi connectivity index (χ2v) is 9.93. The van der Waals surface area contributed by atoms with E-state index in [9.17, 15) is 9.90 Å². The van der Waals surface area contributed by atoms with Crippen molar-refractivity contribution in [2.24, 2.45) is 0 Å². The number of carbonyl (C=O) groups is 1. The Morgan fingerprint density at radius 3 is 2.33 bits per heavy atom. The molecule has 2 aliphatic rings. The first-order chi connectivity index (χ1) is 17.6. The molecule has 0 radical (unpaired) electrons. The van der Waals surface area contributed by atoms with Crippen LogP contribution < -0.4 is 15.4 Å². The quantitative estimate of drug-likeness (QED) is 0.397. The van der Waals surface area contributed by atoms with Gasteiger partial charge in [-0.1, -0.05) is 62.4 Å². The number of benzene rings is 3. The highest BCUT2D eigenvalue weighted by molar-refractivity contribution is 5.96. The van der Waals surface area contributed by atoms with Crippen LogP contribution in [0.15, 0.2) is 54.6 Å². The summed E-state index contributed by atoms with van der Waals surface area (Å²) in [7, 11) is 0. The number of aliphatic hydroxyl groups is 1. The fourth-order valence-electron chi connectivity index (χ4n) is 5.75. The van der Waals surface area contributed by atoms with Gasteiger partial charge in [-0.25, -0.2) is 0 Å². The third-order valence-corrected chi connectivity index (χ3v) is 7.63. The fourth-order valence-corrected chi connectivity index (χ4v) is 5.75. The molecule has 3 aromatic carbocycles. The zero-order valence-electron chi connectivity index (χ0n) is 21.3. The summed E-state index contributed by atoms with van der Waals surface area (Å²) in [6, 6.07) is 18.8. The van der Waals surface area contributed by atoms with Gasteiger partial charge in [-0.3, -0.25) is 4.79 Å². The lowest BCUT2D eigenvalue weighted by atomic mass is 9.92. The lowest BCUT2D eigenvalue weighted by molar-refractivity contribution is -0.116. The van der Waals surface area contributed by atoms with Gasteiger partial charge in [0.2, 0.25) is 5.91 Å². The lowest BCUT2D eigenvalue weighted by Crippen LogP contribution is -2.36. The van der Waals surface area contributed by atoms with Crippen molar-refractivity contribution in [3.8, 4) is 5.75 Å². The summed E-state index contributed by atoms with van der Waals surface area (Å²) in [6.45, 7) is 4.88. The summed E-state index contributed by atoms with van der Waals surface area (Å²) in [5.41, 5.74) is 9.68. The third kappa shape index (κ3) is 5.04. The molecule has 0 fully saturated rings. The van der Waals surface area contributed by atoms with E-state index in [2.05, 4.69) is 42.7 Å². The van der Waals surface area contributed by atoms with Crippen LogP contribution in [0.2, 0.25) is 0 Å². The van der Waals surface area contributed by atoms with Crippen molar-refractivity contribution in [3.05, 3.63) is 93.5 Å². The molecular weight excluding hydrogens is 448 g/mol. The van der Waals surface area contributed by atoms with E-state index in [1.165, 1.54) is 22.3 Å². The molecule has 0 bridgehead atoms. The van der Waals surface area contributed by atoms with Crippen molar-refractivity contribution in [1.29, 1.82) is 0 Å². The van der Waals surface area contributed by atoms with Gasteiger partial charge < -0.3 is 20.5 Å². The number of nitrogens with one attached hydrogen (secondary N) is 2. The minimum atomic E-state index is -0.201. The molecule has 1 atom stereocenters. The highest BCUT2D eigenvalue weighted by atomic mass is 16.5. The van der Waals surface area contributed by atoms with Crippen molar-refractivity contribution < 1.29 is 14.6 Å². The summed E-state index contributed by atoms with van der Waals surface area (Å²) < 4.78 is 6.13. The number of ether oxygens (including phenoxy) is 1. The first kappa shape index (κ1) is 24.5. The summed E-state index contributed by atoms with van der Waals surface area (Å²) in [6.07, 6.45) is 5.14. The highest BCUT2D eigenvalue weighted by Crippen LogP contribution is 2.38.